The van der Waals surface area contributed by atoms with E-state index in [1.165, 1.54) is 11.3 Å². The maximum atomic E-state index is 12.0. The zero-order valence-electron chi connectivity index (χ0n) is 12.4. The molecule has 0 amide bonds. The molecular formula is C15H19NO4S. The van der Waals surface area contributed by atoms with E-state index >= 15 is 0 Å². The van der Waals surface area contributed by atoms with E-state index < -0.39 is 0 Å². The summed E-state index contributed by atoms with van der Waals surface area (Å²) in [5.74, 6) is -0.672. The summed E-state index contributed by atoms with van der Waals surface area (Å²) in [6.45, 7) is 6.29. The fraction of sp³-hybridized carbons (Fsp3) is 0.467. The second kappa shape index (κ2) is 6.76. The van der Waals surface area contributed by atoms with E-state index in [1.807, 2.05) is 0 Å². The fourth-order valence-electron chi connectivity index (χ4n) is 2.20. The molecule has 0 aromatic carbocycles. The highest BCUT2D eigenvalue weighted by Crippen LogP contribution is 2.33. The minimum atomic E-state index is -0.374. The Balaban J connectivity index is 2.44. The molecule has 0 saturated heterocycles. The smallest absolute Gasteiger partial charge is 0.354 e. The summed E-state index contributed by atoms with van der Waals surface area (Å²) in [6, 6.07) is 1.76. The molecule has 0 bridgehead atoms. The van der Waals surface area contributed by atoms with Crippen molar-refractivity contribution in [3.05, 3.63) is 22.2 Å². The van der Waals surface area contributed by atoms with E-state index in [0.717, 1.165) is 28.6 Å². The lowest BCUT2D eigenvalue weighted by Gasteiger charge is -2.03. The predicted molar refractivity (Wildman–Crippen MR) is 82.1 cm³/mol. The first-order valence-corrected chi connectivity index (χ1v) is 7.92. The normalized spacial score (nSPS) is 10.8. The number of aromatic nitrogens is 1. The summed E-state index contributed by atoms with van der Waals surface area (Å²) in [4.78, 5) is 28.2. The van der Waals surface area contributed by atoms with Crippen molar-refractivity contribution >= 4 is 33.5 Å². The zero-order valence-corrected chi connectivity index (χ0v) is 13.3. The molecule has 6 heteroatoms. The van der Waals surface area contributed by atoms with E-state index in [-0.39, 0.29) is 11.9 Å². The Kier molecular flexibility index (Phi) is 5.01. The third kappa shape index (κ3) is 3.10. The van der Waals surface area contributed by atoms with Gasteiger partial charge < -0.3 is 14.5 Å². The number of carbonyl (C=O) groups is 2. The van der Waals surface area contributed by atoms with Gasteiger partial charge in [-0.15, -0.1) is 11.3 Å². The zero-order chi connectivity index (χ0) is 15.4. The number of fused-ring (bicyclic) bond motifs is 1. The topological polar surface area (TPSA) is 68.4 Å². The van der Waals surface area contributed by atoms with Gasteiger partial charge in [0.15, 0.2) is 0 Å². The number of H-pyrrole nitrogens is 1. The molecule has 21 heavy (non-hydrogen) atoms. The Morgan fingerprint density at radius 3 is 2.43 bits per heavy atom. The van der Waals surface area contributed by atoms with Crippen molar-refractivity contribution < 1.29 is 19.1 Å². The monoisotopic (exact) mass is 309 g/mol. The van der Waals surface area contributed by atoms with Crippen LogP contribution >= 0.6 is 11.3 Å². The molecular weight excluding hydrogens is 290 g/mol. The van der Waals surface area contributed by atoms with Crippen LogP contribution in [0.5, 0.6) is 0 Å². The van der Waals surface area contributed by atoms with Crippen molar-refractivity contribution in [3.63, 3.8) is 0 Å². The number of aromatic amines is 1. The molecule has 0 aliphatic rings. The summed E-state index contributed by atoms with van der Waals surface area (Å²) in [5.41, 5.74) is 1.37. The number of hydrogen-bond donors (Lipinski definition) is 1. The number of esters is 2. The van der Waals surface area contributed by atoms with Gasteiger partial charge in [0.05, 0.1) is 13.2 Å². The molecule has 2 aromatic heterocycles. The molecule has 2 rings (SSSR count). The summed E-state index contributed by atoms with van der Waals surface area (Å²) < 4.78 is 10.1. The van der Waals surface area contributed by atoms with Gasteiger partial charge >= 0.3 is 11.9 Å². The van der Waals surface area contributed by atoms with E-state index in [4.69, 9.17) is 9.47 Å². The molecule has 114 valence electrons. The fourth-order valence-corrected chi connectivity index (χ4v) is 3.34. The summed E-state index contributed by atoms with van der Waals surface area (Å²) >= 11 is 1.33. The van der Waals surface area contributed by atoms with Gasteiger partial charge in [-0.1, -0.05) is 13.3 Å². The van der Waals surface area contributed by atoms with Gasteiger partial charge in [0, 0.05) is 5.39 Å². The van der Waals surface area contributed by atoms with Crippen molar-refractivity contribution in [2.24, 2.45) is 0 Å². The number of thiophene rings is 1. The summed E-state index contributed by atoms with van der Waals surface area (Å²) in [6.07, 6.45) is 1.69. The number of carbonyl (C=O) groups excluding carboxylic acids is 2. The molecule has 0 saturated carbocycles. The molecule has 2 heterocycles. The van der Waals surface area contributed by atoms with Gasteiger partial charge in [0.1, 0.15) is 15.4 Å². The van der Waals surface area contributed by atoms with Crippen molar-refractivity contribution in [2.45, 2.75) is 33.6 Å². The number of ether oxygens (including phenoxy) is 2. The second-order valence-corrected chi connectivity index (χ2v) is 5.55. The molecule has 0 aliphatic heterocycles. The Bertz CT molecular complexity index is 656. The van der Waals surface area contributed by atoms with Crippen LogP contribution < -0.4 is 0 Å². The van der Waals surface area contributed by atoms with E-state index in [1.54, 1.807) is 19.9 Å². The number of nitrogens with one attached hydrogen (secondary N) is 1. The first-order valence-electron chi connectivity index (χ1n) is 7.10. The molecule has 0 unspecified atom stereocenters. The Morgan fingerprint density at radius 2 is 1.81 bits per heavy atom. The first-order chi connectivity index (χ1) is 10.1. The van der Waals surface area contributed by atoms with Crippen LogP contribution in [-0.2, 0) is 15.9 Å². The molecule has 1 N–H and O–H groups in total. The van der Waals surface area contributed by atoms with E-state index in [0.29, 0.717) is 23.8 Å². The van der Waals surface area contributed by atoms with Gasteiger partial charge in [0.2, 0.25) is 0 Å². The molecule has 2 aromatic rings. The number of rotatable bonds is 6. The molecule has 0 spiro atoms. The third-order valence-corrected chi connectivity index (χ3v) is 4.18. The van der Waals surface area contributed by atoms with Crippen molar-refractivity contribution in [3.8, 4) is 0 Å². The Morgan fingerprint density at radius 1 is 1.14 bits per heavy atom. The second-order valence-electron chi connectivity index (χ2n) is 4.53. The standard InChI is InChI=1S/C15H19NO4S/c1-4-7-9-10-8-11(14(17)19-5-2)16-13(10)21-12(9)15(18)20-6-3/h8,16H,4-7H2,1-3H3. The lowest BCUT2D eigenvalue weighted by atomic mass is 10.1. The molecule has 0 fully saturated rings. The summed E-state index contributed by atoms with van der Waals surface area (Å²) in [7, 11) is 0. The average Bonchev–Trinajstić information content (AvgIpc) is 2.99. The van der Waals surface area contributed by atoms with E-state index in [2.05, 4.69) is 11.9 Å². The highest BCUT2D eigenvalue weighted by Gasteiger charge is 2.22. The Hall–Kier alpha value is -1.82. The van der Waals surface area contributed by atoms with Crippen LogP contribution in [0, 0.1) is 0 Å². The molecule has 5 nitrogen and oxygen atoms in total. The highest BCUT2D eigenvalue weighted by molar-refractivity contribution is 7.20. The highest BCUT2D eigenvalue weighted by atomic mass is 32.1. The number of aryl methyl sites for hydroxylation is 1. The van der Waals surface area contributed by atoms with Crippen LogP contribution in [-0.4, -0.2) is 30.1 Å². The minimum Gasteiger partial charge on any atom is -0.462 e. The maximum Gasteiger partial charge on any atom is 0.354 e. The van der Waals surface area contributed by atoms with Crippen LogP contribution in [0.15, 0.2) is 6.07 Å². The lowest BCUT2D eigenvalue weighted by molar-refractivity contribution is 0.0515. The van der Waals surface area contributed by atoms with Crippen LogP contribution in [0.25, 0.3) is 10.2 Å². The summed E-state index contributed by atoms with van der Waals surface area (Å²) in [5, 5.41) is 0.910. The van der Waals surface area contributed by atoms with Crippen LogP contribution in [0.4, 0.5) is 0 Å². The van der Waals surface area contributed by atoms with Gasteiger partial charge in [-0.2, -0.15) is 0 Å². The SMILES string of the molecule is CCCc1c(C(=O)OCC)sc2[nH]c(C(=O)OCC)cc12. The van der Waals surface area contributed by atoms with Crippen molar-refractivity contribution in [1.29, 1.82) is 0 Å². The van der Waals surface area contributed by atoms with Crippen molar-refractivity contribution in [1.82, 2.24) is 4.98 Å². The predicted octanol–water partition coefficient (Wildman–Crippen LogP) is 3.54. The van der Waals surface area contributed by atoms with Gasteiger partial charge in [-0.3, -0.25) is 0 Å². The minimum absolute atomic E-state index is 0.298. The van der Waals surface area contributed by atoms with Crippen LogP contribution in [0.3, 0.4) is 0 Å². The van der Waals surface area contributed by atoms with Gasteiger partial charge in [-0.25, -0.2) is 9.59 Å². The molecule has 0 radical (unpaired) electrons. The van der Waals surface area contributed by atoms with Gasteiger partial charge in [-0.05, 0) is 31.9 Å². The number of hydrogen-bond acceptors (Lipinski definition) is 5. The first kappa shape index (κ1) is 15.6. The quantitative estimate of drug-likeness (QED) is 0.829. The van der Waals surface area contributed by atoms with E-state index in [9.17, 15) is 9.59 Å². The lowest BCUT2D eigenvalue weighted by Crippen LogP contribution is -2.06. The third-order valence-electron chi connectivity index (χ3n) is 3.04. The maximum absolute atomic E-state index is 12.0. The Labute approximate surface area is 127 Å². The molecule has 0 atom stereocenters. The van der Waals surface area contributed by atoms with Crippen molar-refractivity contribution in [2.75, 3.05) is 13.2 Å². The largest absolute Gasteiger partial charge is 0.462 e. The van der Waals surface area contributed by atoms with Gasteiger partial charge in [0.25, 0.3) is 0 Å². The van der Waals surface area contributed by atoms with Crippen LogP contribution in [0.1, 0.15) is 52.9 Å². The van der Waals surface area contributed by atoms with Crippen LogP contribution in [0.2, 0.25) is 0 Å². The average molecular weight is 309 g/mol. The molecule has 0 aliphatic carbocycles.